The van der Waals surface area contributed by atoms with Crippen LogP contribution in [0.25, 0.3) is 0 Å². The first-order valence-electron chi connectivity index (χ1n) is 5.80. The fraction of sp³-hybridized carbons (Fsp3) is 0.385. The largest absolute Gasteiger partial charge is 0.345 e. The van der Waals surface area contributed by atoms with Gasteiger partial charge in [-0.3, -0.25) is 9.59 Å². The summed E-state index contributed by atoms with van der Waals surface area (Å²) in [6.45, 7) is 0.555. The smallest absolute Gasteiger partial charge is 0.255 e. The van der Waals surface area contributed by atoms with E-state index in [9.17, 15) is 9.59 Å². The molecule has 1 aliphatic rings. The molecule has 0 saturated carbocycles. The van der Waals surface area contributed by atoms with E-state index in [0.717, 1.165) is 0 Å². The Kier molecular flexibility index (Phi) is 3.61. The van der Waals surface area contributed by atoms with Crippen molar-refractivity contribution in [1.29, 1.82) is 0 Å². The second-order valence-corrected chi connectivity index (χ2v) is 5.31. The summed E-state index contributed by atoms with van der Waals surface area (Å²) < 4.78 is 0. The van der Waals surface area contributed by atoms with Gasteiger partial charge in [0.2, 0.25) is 5.91 Å². The summed E-state index contributed by atoms with van der Waals surface area (Å²) in [6, 6.07) is 7.19. The molecule has 2 amide bonds. The Morgan fingerprint density at radius 2 is 2.06 bits per heavy atom. The molecule has 18 heavy (non-hydrogen) atoms. The van der Waals surface area contributed by atoms with E-state index in [2.05, 4.69) is 12.6 Å². The number of hydrogen-bond donors (Lipinski definition) is 1. The minimum absolute atomic E-state index is 0.0222. The lowest BCUT2D eigenvalue weighted by Gasteiger charge is -2.21. The molecule has 0 aromatic heterocycles. The van der Waals surface area contributed by atoms with E-state index in [4.69, 9.17) is 0 Å². The minimum Gasteiger partial charge on any atom is -0.345 e. The second kappa shape index (κ2) is 5.02. The van der Waals surface area contributed by atoms with Crippen LogP contribution in [0.15, 0.2) is 24.3 Å². The molecule has 1 aromatic carbocycles. The van der Waals surface area contributed by atoms with Gasteiger partial charge in [-0.25, -0.2) is 0 Å². The van der Waals surface area contributed by atoms with E-state index in [1.807, 2.05) is 6.07 Å². The third-order valence-corrected chi connectivity index (χ3v) is 3.28. The maximum absolute atomic E-state index is 12.1. The SMILES string of the molecule is CN(C)C(=O)c1ccccc1N1CC(S)CC1=O. The maximum Gasteiger partial charge on any atom is 0.255 e. The zero-order valence-electron chi connectivity index (χ0n) is 10.5. The molecule has 1 fully saturated rings. The Hall–Kier alpha value is -1.49. The topological polar surface area (TPSA) is 40.6 Å². The van der Waals surface area contributed by atoms with E-state index < -0.39 is 0 Å². The maximum atomic E-state index is 12.1. The predicted molar refractivity (Wildman–Crippen MR) is 74.2 cm³/mol. The molecule has 1 heterocycles. The number of rotatable bonds is 2. The average Bonchev–Trinajstić information content (AvgIpc) is 2.67. The van der Waals surface area contributed by atoms with E-state index in [-0.39, 0.29) is 17.1 Å². The molecule has 96 valence electrons. The van der Waals surface area contributed by atoms with Gasteiger partial charge in [0, 0.05) is 32.3 Å². The molecular formula is C13H16N2O2S. The lowest BCUT2D eigenvalue weighted by molar-refractivity contribution is -0.117. The van der Waals surface area contributed by atoms with Crippen molar-refractivity contribution in [2.75, 3.05) is 25.5 Å². The lowest BCUT2D eigenvalue weighted by Crippen LogP contribution is -2.29. The van der Waals surface area contributed by atoms with Crippen molar-refractivity contribution in [3.63, 3.8) is 0 Å². The number of hydrogen-bond acceptors (Lipinski definition) is 3. The molecule has 1 aromatic rings. The van der Waals surface area contributed by atoms with Crippen LogP contribution in [-0.4, -0.2) is 42.6 Å². The number of carbonyl (C=O) groups is 2. The number of anilines is 1. The van der Waals surface area contributed by atoms with Crippen LogP contribution in [-0.2, 0) is 4.79 Å². The third-order valence-electron chi connectivity index (χ3n) is 2.94. The van der Waals surface area contributed by atoms with Crippen molar-refractivity contribution in [1.82, 2.24) is 4.90 Å². The van der Waals surface area contributed by atoms with Gasteiger partial charge in [0.1, 0.15) is 0 Å². The highest BCUT2D eigenvalue weighted by Gasteiger charge is 2.30. The van der Waals surface area contributed by atoms with Crippen LogP contribution < -0.4 is 4.90 Å². The first-order chi connectivity index (χ1) is 8.50. The summed E-state index contributed by atoms with van der Waals surface area (Å²) >= 11 is 4.33. The molecule has 0 aliphatic carbocycles. The van der Waals surface area contributed by atoms with Crippen molar-refractivity contribution in [2.45, 2.75) is 11.7 Å². The van der Waals surface area contributed by atoms with Crippen molar-refractivity contribution >= 4 is 30.1 Å². The number of carbonyl (C=O) groups excluding carboxylic acids is 2. The lowest BCUT2D eigenvalue weighted by atomic mass is 10.1. The molecule has 1 aliphatic heterocycles. The zero-order chi connectivity index (χ0) is 13.3. The van der Waals surface area contributed by atoms with E-state index in [1.165, 1.54) is 4.90 Å². The zero-order valence-corrected chi connectivity index (χ0v) is 11.4. The third kappa shape index (κ3) is 2.36. The van der Waals surface area contributed by atoms with Gasteiger partial charge >= 0.3 is 0 Å². The van der Waals surface area contributed by atoms with E-state index in [1.54, 1.807) is 37.2 Å². The first-order valence-corrected chi connectivity index (χ1v) is 6.31. The Labute approximate surface area is 112 Å². The number of para-hydroxylation sites is 1. The van der Waals surface area contributed by atoms with Crippen molar-refractivity contribution in [3.05, 3.63) is 29.8 Å². The molecule has 1 unspecified atom stereocenters. The van der Waals surface area contributed by atoms with Crippen LogP contribution in [0.2, 0.25) is 0 Å². The Bertz CT molecular complexity index is 488. The average molecular weight is 264 g/mol. The van der Waals surface area contributed by atoms with Crippen molar-refractivity contribution in [3.8, 4) is 0 Å². The van der Waals surface area contributed by atoms with Crippen molar-refractivity contribution in [2.24, 2.45) is 0 Å². The van der Waals surface area contributed by atoms with E-state index in [0.29, 0.717) is 24.2 Å². The molecule has 0 N–H and O–H groups in total. The Balaban J connectivity index is 2.39. The summed E-state index contributed by atoms with van der Waals surface area (Å²) in [5.41, 5.74) is 1.23. The monoisotopic (exact) mass is 264 g/mol. The highest BCUT2D eigenvalue weighted by Crippen LogP contribution is 2.27. The standard InChI is InChI=1S/C13H16N2O2S/c1-14(2)13(17)10-5-3-4-6-11(10)15-8-9(18)7-12(15)16/h3-6,9,18H,7-8H2,1-2H3. The first kappa shape index (κ1) is 13.0. The van der Waals surface area contributed by atoms with Crippen LogP contribution >= 0.6 is 12.6 Å². The van der Waals surface area contributed by atoms with Gasteiger partial charge in [0.25, 0.3) is 5.91 Å². The molecule has 2 rings (SSSR count). The molecule has 0 bridgehead atoms. The summed E-state index contributed by atoms with van der Waals surface area (Å²) in [4.78, 5) is 27.1. The summed E-state index contributed by atoms with van der Waals surface area (Å²) in [5.74, 6) is -0.0741. The van der Waals surface area contributed by atoms with Gasteiger partial charge in [0.05, 0.1) is 11.3 Å². The fourth-order valence-electron chi connectivity index (χ4n) is 2.05. The van der Waals surface area contributed by atoms with Gasteiger partial charge in [0.15, 0.2) is 0 Å². The Morgan fingerprint density at radius 3 is 2.61 bits per heavy atom. The number of benzene rings is 1. The highest BCUT2D eigenvalue weighted by molar-refractivity contribution is 7.81. The molecule has 1 atom stereocenters. The van der Waals surface area contributed by atoms with Crippen LogP contribution in [0.1, 0.15) is 16.8 Å². The predicted octanol–water partition coefficient (Wildman–Crippen LogP) is 1.42. The number of nitrogens with zero attached hydrogens (tertiary/aromatic N) is 2. The van der Waals surface area contributed by atoms with Gasteiger partial charge in [-0.05, 0) is 12.1 Å². The normalized spacial score (nSPS) is 19.2. The fourth-order valence-corrected chi connectivity index (χ4v) is 2.37. The minimum atomic E-state index is -0.0963. The molecule has 0 spiro atoms. The highest BCUT2D eigenvalue weighted by atomic mass is 32.1. The molecule has 4 nitrogen and oxygen atoms in total. The molecular weight excluding hydrogens is 248 g/mol. The van der Waals surface area contributed by atoms with Gasteiger partial charge < -0.3 is 9.80 Å². The Morgan fingerprint density at radius 1 is 1.39 bits per heavy atom. The molecule has 5 heteroatoms. The van der Waals surface area contributed by atoms with Crippen molar-refractivity contribution < 1.29 is 9.59 Å². The van der Waals surface area contributed by atoms with Gasteiger partial charge in [-0.2, -0.15) is 12.6 Å². The summed E-state index contributed by atoms with van der Waals surface area (Å²) in [7, 11) is 3.40. The second-order valence-electron chi connectivity index (χ2n) is 4.58. The van der Waals surface area contributed by atoms with Crippen LogP contribution in [0.3, 0.4) is 0 Å². The van der Waals surface area contributed by atoms with Crippen LogP contribution in [0, 0.1) is 0 Å². The number of thiol groups is 1. The van der Waals surface area contributed by atoms with E-state index >= 15 is 0 Å². The molecule has 1 saturated heterocycles. The van der Waals surface area contributed by atoms with Gasteiger partial charge in [-0.1, -0.05) is 12.1 Å². The molecule has 0 radical (unpaired) electrons. The van der Waals surface area contributed by atoms with Crippen LogP contribution in [0.5, 0.6) is 0 Å². The van der Waals surface area contributed by atoms with Gasteiger partial charge in [-0.15, -0.1) is 0 Å². The summed E-state index contributed by atoms with van der Waals surface area (Å²) in [5, 5.41) is 0.0417. The quantitative estimate of drug-likeness (QED) is 0.821. The summed E-state index contributed by atoms with van der Waals surface area (Å²) in [6.07, 6.45) is 0.424. The number of amides is 2. The van der Waals surface area contributed by atoms with Crippen LogP contribution in [0.4, 0.5) is 5.69 Å².